The summed E-state index contributed by atoms with van der Waals surface area (Å²) in [6.07, 6.45) is -0.00507. The van der Waals surface area contributed by atoms with Crippen molar-refractivity contribution in [2.24, 2.45) is 7.05 Å². The summed E-state index contributed by atoms with van der Waals surface area (Å²) in [5.74, 6) is -0.474. The van der Waals surface area contributed by atoms with Crippen LogP contribution >= 0.6 is 11.6 Å². The molecule has 1 N–H and O–H groups in total. The highest BCUT2D eigenvalue weighted by Gasteiger charge is 2.14. The van der Waals surface area contributed by atoms with Gasteiger partial charge in [-0.2, -0.15) is 5.10 Å². The van der Waals surface area contributed by atoms with E-state index in [9.17, 15) is 13.6 Å². The Bertz CT molecular complexity index is 958. The van der Waals surface area contributed by atoms with Crippen molar-refractivity contribution in [2.75, 3.05) is 0 Å². The molecule has 0 unspecified atom stereocenters. The number of carbonyl (C=O) groups is 1. The summed E-state index contributed by atoms with van der Waals surface area (Å²) >= 11 is 5.67. The van der Waals surface area contributed by atoms with Gasteiger partial charge in [-0.3, -0.25) is 9.48 Å². The Hall–Kier alpha value is -2.80. The van der Waals surface area contributed by atoms with Gasteiger partial charge in [0.25, 0.3) is 0 Å². The number of carbonyl (C=O) groups excluding carboxylic acids is 1. The van der Waals surface area contributed by atoms with E-state index >= 15 is 0 Å². The molecule has 0 saturated heterocycles. The predicted molar refractivity (Wildman–Crippen MR) is 93.4 cm³/mol. The molecule has 0 aliphatic carbocycles. The lowest BCUT2D eigenvalue weighted by Gasteiger charge is -2.05. The lowest BCUT2D eigenvalue weighted by atomic mass is 10.2. The standard InChI is InChI=1S/C18H15ClF2N4O/c1-25-16(9-17(26)22-10-11-3-2-4-13(20)7-11)23-18(24-25)12-5-6-14(19)15(21)8-12/h2-8H,9-10H2,1H3,(H,22,26). The van der Waals surface area contributed by atoms with Crippen LogP contribution in [0.2, 0.25) is 5.02 Å². The predicted octanol–water partition coefficient (Wildman–Crippen LogP) is 3.27. The largest absolute Gasteiger partial charge is 0.352 e. The molecule has 0 fully saturated rings. The minimum atomic E-state index is -0.564. The van der Waals surface area contributed by atoms with E-state index in [1.807, 2.05) is 0 Å². The first-order valence-corrected chi connectivity index (χ1v) is 8.16. The third-order valence-electron chi connectivity index (χ3n) is 3.73. The molecule has 0 spiro atoms. The molecule has 5 nitrogen and oxygen atoms in total. The summed E-state index contributed by atoms with van der Waals surface area (Å²) in [7, 11) is 1.65. The quantitative estimate of drug-likeness (QED) is 0.743. The van der Waals surface area contributed by atoms with Gasteiger partial charge in [-0.1, -0.05) is 23.7 Å². The first-order chi connectivity index (χ1) is 12.4. The van der Waals surface area contributed by atoms with Gasteiger partial charge in [0.05, 0.1) is 11.4 Å². The van der Waals surface area contributed by atoms with Crippen molar-refractivity contribution < 1.29 is 13.6 Å². The number of halogens is 3. The molecule has 134 valence electrons. The SMILES string of the molecule is Cn1nc(-c2ccc(Cl)c(F)c2)nc1CC(=O)NCc1cccc(F)c1. The van der Waals surface area contributed by atoms with Gasteiger partial charge in [-0.05, 0) is 35.9 Å². The Labute approximate surface area is 153 Å². The lowest BCUT2D eigenvalue weighted by Crippen LogP contribution is -2.25. The summed E-state index contributed by atoms with van der Waals surface area (Å²) in [4.78, 5) is 16.4. The van der Waals surface area contributed by atoms with Crippen molar-refractivity contribution in [3.8, 4) is 11.4 Å². The Morgan fingerprint density at radius 2 is 2.04 bits per heavy atom. The Kier molecular flexibility index (Phi) is 5.27. The van der Waals surface area contributed by atoms with Gasteiger partial charge in [0.2, 0.25) is 5.91 Å². The monoisotopic (exact) mass is 376 g/mol. The van der Waals surface area contributed by atoms with Crippen molar-refractivity contribution in [1.82, 2.24) is 20.1 Å². The topological polar surface area (TPSA) is 59.8 Å². The zero-order valence-corrected chi connectivity index (χ0v) is 14.6. The third kappa shape index (κ3) is 4.23. The minimum absolute atomic E-state index is 0.00507. The summed E-state index contributed by atoms with van der Waals surface area (Å²) in [5.41, 5.74) is 1.13. The zero-order valence-electron chi connectivity index (χ0n) is 13.8. The molecule has 0 atom stereocenters. The van der Waals surface area contributed by atoms with E-state index in [0.29, 0.717) is 22.8 Å². The van der Waals surface area contributed by atoms with E-state index in [2.05, 4.69) is 15.4 Å². The van der Waals surface area contributed by atoms with Gasteiger partial charge < -0.3 is 5.32 Å². The molecule has 26 heavy (non-hydrogen) atoms. The number of hydrogen-bond acceptors (Lipinski definition) is 3. The van der Waals surface area contributed by atoms with Crippen LogP contribution in [0.3, 0.4) is 0 Å². The van der Waals surface area contributed by atoms with E-state index in [1.165, 1.54) is 28.9 Å². The molecular weight excluding hydrogens is 362 g/mol. The summed E-state index contributed by atoms with van der Waals surface area (Å²) < 4.78 is 28.2. The average Bonchev–Trinajstić information content (AvgIpc) is 2.96. The minimum Gasteiger partial charge on any atom is -0.352 e. The van der Waals surface area contributed by atoms with Gasteiger partial charge in [-0.25, -0.2) is 13.8 Å². The molecule has 0 aliphatic rings. The molecule has 0 bridgehead atoms. The summed E-state index contributed by atoms with van der Waals surface area (Å²) in [6.45, 7) is 0.212. The number of nitrogens with zero attached hydrogens (tertiary/aromatic N) is 3. The van der Waals surface area contributed by atoms with Gasteiger partial charge in [0, 0.05) is 19.2 Å². The molecular formula is C18H15ClF2N4O. The van der Waals surface area contributed by atoms with Crippen LogP contribution in [-0.2, 0) is 24.8 Å². The molecule has 1 aromatic heterocycles. The molecule has 8 heteroatoms. The maximum absolute atomic E-state index is 13.6. The fourth-order valence-electron chi connectivity index (χ4n) is 2.38. The zero-order chi connectivity index (χ0) is 18.7. The maximum atomic E-state index is 13.6. The maximum Gasteiger partial charge on any atom is 0.227 e. The molecule has 0 radical (unpaired) electrons. The van der Waals surface area contributed by atoms with Crippen LogP contribution in [0.1, 0.15) is 11.4 Å². The number of amides is 1. The highest BCUT2D eigenvalue weighted by Crippen LogP contribution is 2.22. The summed E-state index contributed by atoms with van der Waals surface area (Å²) in [5, 5.41) is 6.92. The van der Waals surface area contributed by atoms with Crippen LogP contribution in [0, 0.1) is 11.6 Å². The van der Waals surface area contributed by atoms with Crippen molar-refractivity contribution >= 4 is 17.5 Å². The van der Waals surface area contributed by atoms with Gasteiger partial charge in [0.15, 0.2) is 5.82 Å². The molecule has 0 aliphatic heterocycles. The van der Waals surface area contributed by atoms with Gasteiger partial charge in [0.1, 0.15) is 17.5 Å². The van der Waals surface area contributed by atoms with Crippen LogP contribution < -0.4 is 5.32 Å². The normalized spacial score (nSPS) is 10.8. The number of rotatable bonds is 5. The molecule has 3 rings (SSSR count). The number of aromatic nitrogens is 3. The van der Waals surface area contributed by atoms with E-state index in [0.717, 1.165) is 0 Å². The van der Waals surface area contributed by atoms with E-state index in [4.69, 9.17) is 11.6 Å². The number of hydrogen-bond donors (Lipinski definition) is 1. The number of aryl methyl sites for hydroxylation is 1. The van der Waals surface area contributed by atoms with Crippen molar-refractivity contribution in [3.63, 3.8) is 0 Å². The van der Waals surface area contributed by atoms with Crippen LogP contribution in [0.25, 0.3) is 11.4 Å². The average molecular weight is 377 g/mol. The fraction of sp³-hybridized carbons (Fsp3) is 0.167. The Morgan fingerprint density at radius 1 is 1.23 bits per heavy atom. The number of benzene rings is 2. The molecule has 1 amide bonds. The van der Waals surface area contributed by atoms with E-state index < -0.39 is 5.82 Å². The van der Waals surface area contributed by atoms with Crippen molar-refractivity contribution in [1.29, 1.82) is 0 Å². The lowest BCUT2D eigenvalue weighted by molar-refractivity contribution is -0.120. The van der Waals surface area contributed by atoms with Crippen LogP contribution in [0.4, 0.5) is 8.78 Å². The molecule has 3 aromatic rings. The second kappa shape index (κ2) is 7.61. The Balaban J connectivity index is 1.67. The second-order valence-electron chi connectivity index (χ2n) is 5.69. The van der Waals surface area contributed by atoms with Gasteiger partial charge >= 0.3 is 0 Å². The Morgan fingerprint density at radius 3 is 2.77 bits per heavy atom. The molecule has 0 saturated carbocycles. The van der Waals surface area contributed by atoms with Crippen molar-refractivity contribution in [2.45, 2.75) is 13.0 Å². The molecule has 1 heterocycles. The fourth-order valence-corrected chi connectivity index (χ4v) is 2.50. The second-order valence-corrected chi connectivity index (χ2v) is 6.09. The smallest absolute Gasteiger partial charge is 0.227 e. The number of nitrogens with one attached hydrogen (secondary N) is 1. The molecule has 2 aromatic carbocycles. The first kappa shape index (κ1) is 18.0. The summed E-state index contributed by atoms with van der Waals surface area (Å²) in [6, 6.07) is 10.3. The van der Waals surface area contributed by atoms with Gasteiger partial charge in [-0.15, -0.1) is 0 Å². The third-order valence-corrected chi connectivity index (χ3v) is 4.03. The first-order valence-electron chi connectivity index (χ1n) is 7.79. The van der Waals surface area contributed by atoms with E-state index in [1.54, 1.807) is 25.2 Å². The van der Waals surface area contributed by atoms with Crippen LogP contribution in [-0.4, -0.2) is 20.7 Å². The highest BCUT2D eigenvalue weighted by atomic mass is 35.5. The van der Waals surface area contributed by atoms with Crippen LogP contribution in [0.5, 0.6) is 0 Å². The van der Waals surface area contributed by atoms with Crippen molar-refractivity contribution in [3.05, 3.63) is 70.5 Å². The van der Waals surface area contributed by atoms with E-state index in [-0.39, 0.29) is 29.7 Å². The highest BCUT2D eigenvalue weighted by molar-refractivity contribution is 6.30. The van der Waals surface area contributed by atoms with Crippen LogP contribution in [0.15, 0.2) is 42.5 Å².